The van der Waals surface area contributed by atoms with Crippen LogP contribution in [0, 0.1) is 12.8 Å². The molecule has 0 saturated carbocycles. The third kappa shape index (κ3) is 4.34. The first-order valence-corrected chi connectivity index (χ1v) is 11.0. The van der Waals surface area contributed by atoms with Crippen LogP contribution in [0.15, 0.2) is 23.1 Å². The zero-order chi connectivity index (χ0) is 19.6. The molecule has 8 heteroatoms. The fourth-order valence-corrected chi connectivity index (χ4v) is 5.54. The number of nitrogens with zero attached hydrogens (tertiary/aromatic N) is 1. The van der Waals surface area contributed by atoms with Gasteiger partial charge >= 0.3 is 0 Å². The van der Waals surface area contributed by atoms with Crippen LogP contribution >= 0.6 is 0 Å². The van der Waals surface area contributed by atoms with Crippen LogP contribution in [0.1, 0.15) is 42.1 Å². The number of sulfonamides is 1. The van der Waals surface area contributed by atoms with E-state index in [1.807, 2.05) is 6.92 Å². The van der Waals surface area contributed by atoms with Gasteiger partial charge < -0.3 is 15.7 Å². The molecule has 0 spiro atoms. The van der Waals surface area contributed by atoms with Gasteiger partial charge in [0.05, 0.1) is 11.0 Å². The Labute approximate surface area is 161 Å². The summed E-state index contributed by atoms with van der Waals surface area (Å²) in [5.74, 6) is -0.342. The second-order valence-corrected chi connectivity index (χ2v) is 9.52. The van der Waals surface area contributed by atoms with Crippen molar-refractivity contribution < 1.29 is 18.3 Å². The number of β-amino-alcohol motifs (C(OH)–C–C–N with tert-alkyl or cyclic N) is 1. The number of carbonyl (C=O) groups is 1. The highest BCUT2D eigenvalue weighted by Crippen LogP contribution is 2.26. The van der Waals surface area contributed by atoms with Crippen molar-refractivity contribution in [1.82, 2.24) is 14.9 Å². The highest BCUT2D eigenvalue weighted by molar-refractivity contribution is 7.89. The van der Waals surface area contributed by atoms with Crippen molar-refractivity contribution in [1.29, 1.82) is 0 Å². The SMILES string of the molecule is Cc1ccc(S(=O)(=O)N2CCCCC2C)cc1C(=O)NCC1CNCC1O. The minimum atomic E-state index is -3.62. The number of carbonyl (C=O) groups excluding carboxylic acids is 1. The molecule has 1 aromatic carbocycles. The lowest BCUT2D eigenvalue weighted by Gasteiger charge is -2.32. The Bertz CT molecular complexity index is 796. The van der Waals surface area contributed by atoms with E-state index < -0.39 is 16.1 Å². The molecule has 0 bridgehead atoms. The van der Waals surface area contributed by atoms with Crippen molar-refractivity contribution in [2.24, 2.45) is 5.92 Å². The van der Waals surface area contributed by atoms with Crippen LogP contribution in [-0.2, 0) is 10.0 Å². The Kier molecular flexibility index (Phi) is 6.20. The summed E-state index contributed by atoms with van der Waals surface area (Å²) < 4.78 is 27.6. The van der Waals surface area contributed by atoms with Crippen molar-refractivity contribution in [2.75, 3.05) is 26.2 Å². The van der Waals surface area contributed by atoms with E-state index in [1.54, 1.807) is 23.4 Å². The van der Waals surface area contributed by atoms with E-state index in [0.717, 1.165) is 24.8 Å². The summed E-state index contributed by atoms with van der Waals surface area (Å²) in [5, 5.41) is 15.8. The monoisotopic (exact) mass is 395 g/mol. The minimum Gasteiger partial charge on any atom is -0.391 e. The highest BCUT2D eigenvalue weighted by atomic mass is 32.2. The third-order valence-corrected chi connectivity index (χ3v) is 7.64. The van der Waals surface area contributed by atoms with E-state index in [1.165, 1.54) is 6.07 Å². The highest BCUT2D eigenvalue weighted by Gasteiger charge is 2.32. The number of aliphatic hydroxyl groups excluding tert-OH is 1. The molecule has 1 amide bonds. The Morgan fingerprint density at radius 1 is 1.33 bits per heavy atom. The van der Waals surface area contributed by atoms with Crippen molar-refractivity contribution in [2.45, 2.75) is 50.2 Å². The molecule has 3 N–H and O–H groups in total. The van der Waals surface area contributed by atoms with E-state index in [9.17, 15) is 18.3 Å². The zero-order valence-corrected chi connectivity index (χ0v) is 16.8. The van der Waals surface area contributed by atoms with Crippen LogP contribution in [-0.4, -0.2) is 62.1 Å². The standard InChI is InChI=1S/C19H29N3O4S/c1-13-6-7-16(27(25,26)22-8-4-3-5-14(22)2)9-17(13)19(24)21-11-15-10-20-12-18(15)23/h6-7,9,14-15,18,20,23H,3-5,8,10-12H2,1-2H3,(H,21,24). The number of benzene rings is 1. The molecule has 0 aromatic heterocycles. The summed E-state index contributed by atoms with van der Waals surface area (Å²) in [6.45, 7) is 5.78. The topological polar surface area (TPSA) is 98.7 Å². The molecule has 2 heterocycles. The molecule has 0 radical (unpaired) electrons. The van der Waals surface area contributed by atoms with Crippen LogP contribution in [0.25, 0.3) is 0 Å². The average Bonchev–Trinajstić information content (AvgIpc) is 3.05. The van der Waals surface area contributed by atoms with Crippen molar-refractivity contribution in [3.63, 3.8) is 0 Å². The largest absolute Gasteiger partial charge is 0.391 e. The van der Waals surface area contributed by atoms with Crippen LogP contribution in [0.2, 0.25) is 0 Å². The van der Waals surface area contributed by atoms with Gasteiger partial charge in [-0.3, -0.25) is 4.79 Å². The van der Waals surface area contributed by atoms with E-state index in [-0.39, 0.29) is 22.8 Å². The van der Waals surface area contributed by atoms with E-state index in [0.29, 0.717) is 31.7 Å². The van der Waals surface area contributed by atoms with Gasteiger partial charge in [-0.15, -0.1) is 0 Å². The number of piperidine rings is 1. The van der Waals surface area contributed by atoms with E-state index in [4.69, 9.17) is 0 Å². The molecule has 3 atom stereocenters. The molecule has 0 aliphatic carbocycles. The number of rotatable bonds is 5. The third-order valence-electron chi connectivity index (χ3n) is 5.63. The van der Waals surface area contributed by atoms with Gasteiger partial charge in [0.25, 0.3) is 5.91 Å². The lowest BCUT2D eigenvalue weighted by Crippen LogP contribution is -2.42. The second-order valence-electron chi connectivity index (χ2n) is 7.63. The number of hydrogen-bond donors (Lipinski definition) is 3. The molecule has 150 valence electrons. The van der Waals surface area contributed by atoms with Gasteiger partial charge in [-0.1, -0.05) is 12.5 Å². The molecular weight excluding hydrogens is 366 g/mol. The van der Waals surface area contributed by atoms with Crippen molar-refractivity contribution in [3.05, 3.63) is 29.3 Å². The lowest BCUT2D eigenvalue weighted by molar-refractivity contribution is 0.0926. The lowest BCUT2D eigenvalue weighted by atomic mass is 10.1. The maximum atomic E-state index is 13.0. The second kappa shape index (κ2) is 8.26. The maximum absolute atomic E-state index is 13.0. The summed E-state index contributed by atoms with van der Waals surface area (Å²) in [7, 11) is -3.62. The molecule has 1 aromatic rings. The van der Waals surface area contributed by atoms with E-state index in [2.05, 4.69) is 10.6 Å². The predicted molar refractivity (Wildman–Crippen MR) is 103 cm³/mol. The molecule has 27 heavy (non-hydrogen) atoms. The fourth-order valence-electron chi connectivity index (χ4n) is 3.82. The molecular formula is C19H29N3O4S. The number of amides is 1. The van der Waals surface area contributed by atoms with Crippen molar-refractivity contribution in [3.8, 4) is 0 Å². The summed E-state index contributed by atoms with van der Waals surface area (Å²) in [6.07, 6.45) is 2.28. The summed E-state index contributed by atoms with van der Waals surface area (Å²) >= 11 is 0. The Morgan fingerprint density at radius 2 is 2.11 bits per heavy atom. The number of nitrogens with one attached hydrogen (secondary N) is 2. The van der Waals surface area contributed by atoms with Crippen LogP contribution in [0.3, 0.4) is 0 Å². The van der Waals surface area contributed by atoms with Gasteiger partial charge in [-0.05, 0) is 44.4 Å². The molecule has 2 aliphatic rings. The maximum Gasteiger partial charge on any atom is 0.251 e. The quantitative estimate of drug-likeness (QED) is 0.687. The van der Waals surface area contributed by atoms with E-state index >= 15 is 0 Å². The van der Waals surface area contributed by atoms with Crippen LogP contribution < -0.4 is 10.6 Å². The molecule has 2 fully saturated rings. The first-order chi connectivity index (χ1) is 12.8. The summed E-state index contributed by atoms with van der Waals surface area (Å²) in [5.41, 5.74) is 1.09. The van der Waals surface area contributed by atoms with Crippen LogP contribution in [0.5, 0.6) is 0 Å². The van der Waals surface area contributed by atoms with Gasteiger partial charge in [0.1, 0.15) is 0 Å². The van der Waals surface area contributed by atoms with Gasteiger partial charge in [0.15, 0.2) is 0 Å². The van der Waals surface area contributed by atoms with Gasteiger partial charge in [0, 0.05) is 43.7 Å². The van der Waals surface area contributed by atoms with Gasteiger partial charge in [-0.2, -0.15) is 4.31 Å². The minimum absolute atomic E-state index is 0.0290. The van der Waals surface area contributed by atoms with Gasteiger partial charge in [0.2, 0.25) is 10.0 Å². The first kappa shape index (κ1) is 20.3. The predicted octanol–water partition coefficient (Wildman–Crippen LogP) is 0.868. The van der Waals surface area contributed by atoms with Crippen molar-refractivity contribution >= 4 is 15.9 Å². The summed E-state index contributed by atoms with van der Waals surface area (Å²) in [4.78, 5) is 12.8. The first-order valence-electron chi connectivity index (χ1n) is 9.60. The number of aliphatic hydroxyl groups is 1. The Hall–Kier alpha value is -1.48. The molecule has 3 unspecified atom stereocenters. The van der Waals surface area contributed by atoms with Gasteiger partial charge in [-0.25, -0.2) is 8.42 Å². The molecule has 2 aliphatic heterocycles. The smallest absolute Gasteiger partial charge is 0.251 e. The number of aryl methyl sites for hydroxylation is 1. The molecule has 7 nitrogen and oxygen atoms in total. The molecule has 3 rings (SSSR count). The van der Waals surface area contributed by atoms with Crippen LogP contribution in [0.4, 0.5) is 0 Å². The fraction of sp³-hybridized carbons (Fsp3) is 0.632. The average molecular weight is 396 g/mol. The normalized spacial score (nSPS) is 26.9. The molecule has 2 saturated heterocycles. The Balaban J connectivity index is 1.78. The summed E-state index contributed by atoms with van der Waals surface area (Å²) in [6, 6.07) is 4.71. The number of hydrogen-bond acceptors (Lipinski definition) is 5. The zero-order valence-electron chi connectivity index (χ0n) is 15.9. The Morgan fingerprint density at radius 3 is 2.78 bits per heavy atom.